The number of anilines is 2. The van der Waals surface area contributed by atoms with Crippen LogP contribution in [0.1, 0.15) is 31.9 Å². The van der Waals surface area contributed by atoms with Crippen LogP contribution in [0.25, 0.3) is 0 Å². The normalized spacial score (nSPS) is 12.3. The minimum atomic E-state index is -4.40. The Balaban J connectivity index is 2.23. The molecule has 117 valence electrons. The molecule has 1 radical (unpaired) electrons. The fourth-order valence-corrected chi connectivity index (χ4v) is 2.03. The molecule has 0 unspecified atom stereocenters. The number of hydrogen-bond acceptors (Lipinski definition) is 1. The molecule has 0 amide bonds. The maximum absolute atomic E-state index is 12.5. The monoisotopic (exact) mass is 308 g/mol. The van der Waals surface area contributed by atoms with E-state index in [1.807, 2.05) is 12.1 Å². The van der Waals surface area contributed by atoms with Crippen LogP contribution in [0.15, 0.2) is 48.5 Å². The van der Waals surface area contributed by atoms with Gasteiger partial charge in [-0.3, -0.25) is 0 Å². The number of rotatable bonds is 2. The molecular formula is C17H17F3NO. The summed E-state index contributed by atoms with van der Waals surface area (Å²) in [7, 11) is 0. The number of alkyl halides is 3. The average molecular weight is 308 g/mol. The average Bonchev–Trinajstić information content (AvgIpc) is 2.45. The Morgan fingerprint density at radius 1 is 0.727 bits per heavy atom. The van der Waals surface area contributed by atoms with Gasteiger partial charge in [0.25, 0.3) is 0 Å². The molecule has 0 saturated heterocycles. The lowest BCUT2D eigenvalue weighted by Crippen LogP contribution is -2.13. The van der Waals surface area contributed by atoms with E-state index in [1.54, 1.807) is 12.1 Å². The van der Waals surface area contributed by atoms with Gasteiger partial charge >= 0.3 is 6.18 Å². The quantitative estimate of drug-likeness (QED) is 0.673. The van der Waals surface area contributed by atoms with Gasteiger partial charge in [-0.05, 0) is 47.4 Å². The zero-order valence-corrected chi connectivity index (χ0v) is 12.6. The zero-order valence-electron chi connectivity index (χ0n) is 12.6. The van der Waals surface area contributed by atoms with Crippen molar-refractivity contribution >= 4 is 11.4 Å². The van der Waals surface area contributed by atoms with E-state index < -0.39 is 11.7 Å². The first-order valence-electron chi connectivity index (χ1n) is 6.84. The van der Waals surface area contributed by atoms with Crippen molar-refractivity contribution in [2.24, 2.45) is 0 Å². The fourth-order valence-electron chi connectivity index (χ4n) is 2.03. The first kappa shape index (κ1) is 16.4. The van der Waals surface area contributed by atoms with Crippen LogP contribution in [0.2, 0.25) is 0 Å². The largest absolute Gasteiger partial charge is 0.416 e. The van der Waals surface area contributed by atoms with E-state index in [-0.39, 0.29) is 11.1 Å². The third-order valence-electron chi connectivity index (χ3n) is 3.40. The predicted molar refractivity (Wildman–Crippen MR) is 79.4 cm³/mol. The van der Waals surface area contributed by atoms with Gasteiger partial charge in [0.15, 0.2) is 0 Å². The highest BCUT2D eigenvalue weighted by molar-refractivity contribution is 5.60. The third-order valence-corrected chi connectivity index (χ3v) is 3.40. The topological polar surface area (TPSA) is 23.1 Å². The summed E-state index contributed by atoms with van der Waals surface area (Å²) in [5.74, 6) is 0. The molecule has 0 heterocycles. The standard InChI is InChI=1S/C17H17F3NO/c1-16(2,3)12-4-8-14(9-5-12)21(22)15-10-6-13(7-11-15)17(18,19)20/h4-11H,1-3H3. The highest BCUT2D eigenvalue weighted by atomic mass is 19.4. The predicted octanol–water partition coefficient (Wildman–Crippen LogP) is 5.49. The van der Waals surface area contributed by atoms with Gasteiger partial charge in [0.2, 0.25) is 0 Å². The van der Waals surface area contributed by atoms with Crippen molar-refractivity contribution in [3.8, 4) is 0 Å². The van der Waals surface area contributed by atoms with Crippen LogP contribution >= 0.6 is 0 Å². The molecule has 0 aliphatic rings. The Hall–Kier alpha value is -2.01. The molecule has 0 aromatic heterocycles. The van der Waals surface area contributed by atoms with Crippen LogP contribution in [0, 0.1) is 0 Å². The summed E-state index contributed by atoms with van der Waals surface area (Å²) in [6.45, 7) is 6.19. The molecule has 2 nitrogen and oxygen atoms in total. The molecule has 0 fully saturated rings. The summed E-state index contributed by atoms with van der Waals surface area (Å²) in [5, 5.41) is 12.8. The first-order chi connectivity index (χ1) is 10.1. The minimum absolute atomic E-state index is 0.0272. The van der Waals surface area contributed by atoms with Gasteiger partial charge in [0, 0.05) is 0 Å². The Bertz CT molecular complexity index is 567. The number of nitrogens with zero attached hydrogens (tertiary/aromatic N) is 1. The molecule has 0 aliphatic heterocycles. The Morgan fingerprint density at radius 2 is 1.09 bits per heavy atom. The summed E-state index contributed by atoms with van der Waals surface area (Å²) < 4.78 is 37.5. The molecule has 0 bridgehead atoms. The van der Waals surface area contributed by atoms with Gasteiger partial charge in [-0.25, -0.2) is 0 Å². The number of benzene rings is 2. The Morgan fingerprint density at radius 3 is 1.41 bits per heavy atom. The Labute approximate surface area is 127 Å². The Kier molecular flexibility index (Phi) is 4.20. The van der Waals surface area contributed by atoms with Crippen molar-refractivity contribution in [1.29, 1.82) is 0 Å². The van der Waals surface area contributed by atoms with E-state index in [0.29, 0.717) is 10.8 Å². The van der Waals surface area contributed by atoms with E-state index in [2.05, 4.69) is 20.8 Å². The first-order valence-corrected chi connectivity index (χ1v) is 6.84. The molecule has 2 rings (SSSR count). The molecular weight excluding hydrogens is 291 g/mol. The van der Waals surface area contributed by atoms with Crippen LogP contribution in [-0.2, 0) is 16.8 Å². The molecule has 0 saturated carbocycles. The maximum atomic E-state index is 12.5. The van der Waals surface area contributed by atoms with Gasteiger partial charge in [-0.15, -0.1) is 0 Å². The van der Waals surface area contributed by atoms with Crippen molar-refractivity contribution < 1.29 is 18.4 Å². The van der Waals surface area contributed by atoms with Crippen LogP contribution < -0.4 is 5.06 Å². The van der Waals surface area contributed by atoms with Gasteiger partial charge in [-0.1, -0.05) is 38.1 Å². The summed E-state index contributed by atoms with van der Waals surface area (Å²) in [4.78, 5) is 0. The minimum Gasteiger partial charge on any atom is -0.188 e. The van der Waals surface area contributed by atoms with Crippen molar-refractivity contribution in [2.45, 2.75) is 32.4 Å². The third kappa shape index (κ3) is 3.60. The van der Waals surface area contributed by atoms with Crippen LogP contribution in [0.5, 0.6) is 0 Å². The van der Waals surface area contributed by atoms with E-state index in [4.69, 9.17) is 0 Å². The van der Waals surface area contributed by atoms with Gasteiger partial charge in [-0.2, -0.15) is 18.2 Å². The smallest absolute Gasteiger partial charge is 0.188 e. The van der Waals surface area contributed by atoms with E-state index in [0.717, 1.165) is 17.7 Å². The van der Waals surface area contributed by atoms with Crippen LogP contribution in [0.3, 0.4) is 0 Å². The van der Waals surface area contributed by atoms with E-state index >= 15 is 0 Å². The van der Waals surface area contributed by atoms with Crippen molar-refractivity contribution in [2.75, 3.05) is 5.06 Å². The zero-order chi connectivity index (χ0) is 16.5. The summed E-state index contributed by atoms with van der Waals surface area (Å²) in [6.07, 6.45) is -4.40. The summed E-state index contributed by atoms with van der Waals surface area (Å²) >= 11 is 0. The van der Waals surface area contributed by atoms with Crippen LogP contribution in [0.4, 0.5) is 24.5 Å². The molecule has 0 aliphatic carbocycles. The number of halogens is 3. The van der Waals surface area contributed by atoms with Crippen LogP contribution in [-0.4, -0.2) is 0 Å². The lowest BCUT2D eigenvalue weighted by Gasteiger charge is -2.20. The summed E-state index contributed by atoms with van der Waals surface area (Å²) in [6, 6.07) is 11.2. The highest BCUT2D eigenvalue weighted by Crippen LogP contribution is 2.32. The molecule has 0 N–H and O–H groups in total. The molecule has 2 aromatic carbocycles. The van der Waals surface area contributed by atoms with Gasteiger partial charge in [0.05, 0.1) is 16.9 Å². The maximum Gasteiger partial charge on any atom is 0.416 e. The van der Waals surface area contributed by atoms with Crippen molar-refractivity contribution in [1.82, 2.24) is 0 Å². The number of hydrogen-bond donors (Lipinski definition) is 0. The van der Waals surface area contributed by atoms with E-state index in [1.165, 1.54) is 12.1 Å². The molecule has 22 heavy (non-hydrogen) atoms. The van der Waals surface area contributed by atoms with E-state index in [9.17, 15) is 18.4 Å². The SMILES string of the molecule is CC(C)(C)c1ccc(N([O])c2ccc(C(F)(F)F)cc2)cc1. The second kappa shape index (κ2) is 5.65. The highest BCUT2D eigenvalue weighted by Gasteiger charge is 2.30. The molecule has 5 heteroatoms. The molecule has 2 aromatic rings. The van der Waals surface area contributed by atoms with Gasteiger partial charge < -0.3 is 0 Å². The lowest BCUT2D eigenvalue weighted by molar-refractivity contribution is -0.137. The molecule has 0 atom stereocenters. The van der Waals surface area contributed by atoms with Gasteiger partial charge in [0.1, 0.15) is 0 Å². The van der Waals surface area contributed by atoms with Crippen molar-refractivity contribution in [3.05, 3.63) is 59.7 Å². The second-order valence-electron chi connectivity index (χ2n) is 6.14. The summed E-state index contributed by atoms with van der Waals surface area (Å²) in [5.41, 5.74) is 0.828. The second-order valence-corrected chi connectivity index (χ2v) is 6.14. The van der Waals surface area contributed by atoms with Crippen molar-refractivity contribution in [3.63, 3.8) is 0 Å². The fraction of sp³-hybridized carbons (Fsp3) is 0.294. The lowest BCUT2D eigenvalue weighted by atomic mass is 9.87. The molecule has 0 spiro atoms.